The van der Waals surface area contributed by atoms with Crippen LogP contribution in [0.1, 0.15) is 5.56 Å². The third-order valence-corrected chi connectivity index (χ3v) is 3.67. The Bertz CT molecular complexity index is 764. The molecule has 4 heteroatoms. The van der Waals surface area contributed by atoms with Gasteiger partial charge in [0.15, 0.2) is 0 Å². The van der Waals surface area contributed by atoms with Gasteiger partial charge in [0.25, 0.3) is 0 Å². The number of rotatable bonds is 3. The maximum absolute atomic E-state index is 6.04. The molecule has 0 aliphatic rings. The number of nitrogens with two attached hydrogens (primary N) is 1. The molecule has 3 aromatic rings. The van der Waals surface area contributed by atoms with Crippen molar-refractivity contribution in [3.8, 4) is 5.75 Å². The number of nitrogen functional groups attached to an aromatic ring is 1. The number of hydrogen-bond acceptors (Lipinski definition) is 2. The van der Waals surface area contributed by atoms with Gasteiger partial charge in [-0.3, -0.25) is 0 Å². The fourth-order valence-electron chi connectivity index (χ4n) is 2.41. The maximum atomic E-state index is 6.04. The van der Waals surface area contributed by atoms with Gasteiger partial charge in [-0.15, -0.1) is 0 Å². The molecule has 1 aromatic heterocycles. The van der Waals surface area contributed by atoms with E-state index in [1.165, 1.54) is 0 Å². The van der Waals surface area contributed by atoms with E-state index in [2.05, 4.69) is 16.7 Å². The highest BCUT2D eigenvalue weighted by Crippen LogP contribution is 2.28. The minimum atomic E-state index is 0.684. The fourth-order valence-corrected chi connectivity index (χ4v) is 2.60. The molecular formula is C16H15ClN2O. The number of aromatic nitrogens is 1. The third kappa shape index (κ3) is 2.21. The van der Waals surface area contributed by atoms with E-state index in [0.29, 0.717) is 11.6 Å². The monoisotopic (exact) mass is 286 g/mol. The first-order valence-corrected chi connectivity index (χ1v) is 6.72. The van der Waals surface area contributed by atoms with Crippen LogP contribution in [0.4, 0.5) is 5.69 Å². The number of fused-ring (bicyclic) bond motifs is 1. The SMILES string of the molecule is COc1cccc2c1ccn2Cc1cc(Cl)ccc1N. The first-order chi connectivity index (χ1) is 9.69. The van der Waals surface area contributed by atoms with E-state index in [1.54, 1.807) is 13.2 Å². The van der Waals surface area contributed by atoms with Crippen molar-refractivity contribution < 1.29 is 4.74 Å². The molecule has 2 N–H and O–H groups in total. The second-order valence-electron chi connectivity index (χ2n) is 4.68. The second-order valence-corrected chi connectivity index (χ2v) is 5.12. The maximum Gasteiger partial charge on any atom is 0.128 e. The summed E-state index contributed by atoms with van der Waals surface area (Å²) in [5.74, 6) is 0.875. The number of methoxy groups -OCH3 is 1. The Morgan fingerprint density at radius 1 is 1.20 bits per heavy atom. The minimum Gasteiger partial charge on any atom is -0.496 e. The standard InChI is InChI=1S/C16H15ClN2O/c1-20-16-4-2-3-15-13(16)7-8-19(15)10-11-9-12(17)5-6-14(11)18/h2-9H,10,18H2,1H3. The summed E-state index contributed by atoms with van der Waals surface area (Å²) >= 11 is 6.04. The number of ether oxygens (including phenoxy) is 1. The molecule has 102 valence electrons. The zero-order valence-corrected chi connectivity index (χ0v) is 11.9. The average Bonchev–Trinajstić information content (AvgIpc) is 2.86. The average molecular weight is 287 g/mol. The number of hydrogen-bond donors (Lipinski definition) is 1. The lowest BCUT2D eigenvalue weighted by Crippen LogP contribution is -2.01. The number of nitrogens with zero attached hydrogens (tertiary/aromatic N) is 1. The number of anilines is 1. The largest absolute Gasteiger partial charge is 0.496 e. The summed E-state index contributed by atoms with van der Waals surface area (Å²) in [6.07, 6.45) is 2.04. The van der Waals surface area contributed by atoms with Crippen molar-refractivity contribution in [2.45, 2.75) is 6.54 Å². The molecule has 3 nitrogen and oxygen atoms in total. The molecule has 2 aromatic carbocycles. The molecule has 0 amide bonds. The number of halogens is 1. The van der Waals surface area contributed by atoms with Gasteiger partial charge >= 0.3 is 0 Å². The van der Waals surface area contributed by atoms with Crippen LogP contribution in [0.2, 0.25) is 5.02 Å². The molecule has 0 aliphatic heterocycles. The molecule has 0 radical (unpaired) electrons. The van der Waals surface area contributed by atoms with Crippen molar-refractivity contribution in [1.82, 2.24) is 4.57 Å². The predicted molar refractivity (Wildman–Crippen MR) is 83.5 cm³/mol. The lowest BCUT2D eigenvalue weighted by atomic mass is 10.2. The Kier molecular flexibility index (Phi) is 3.28. The molecule has 0 spiro atoms. The predicted octanol–water partition coefficient (Wildman–Crippen LogP) is 3.93. The van der Waals surface area contributed by atoms with Crippen LogP contribution >= 0.6 is 11.6 Å². The van der Waals surface area contributed by atoms with Crippen LogP contribution in [0.3, 0.4) is 0 Å². The van der Waals surface area contributed by atoms with Crippen LogP contribution in [0.5, 0.6) is 5.75 Å². The van der Waals surface area contributed by atoms with Crippen molar-refractivity contribution in [3.05, 3.63) is 59.2 Å². The highest BCUT2D eigenvalue weighted by molar-refractivity contribution is 6.30. The summed E-state index contributed by atoms with van der Waals surface area (Å²) < 4.78 is 7.51. The Hall–Kier alpha value is -2.13. The van der Waals surface area contributed by atoms with E-state index in [0.717, 1.165) is 27.9 Å². The molecule has 1 heterocycles. The molecular weight excluding hydrogens is 272 g/mol. The van der Waals surface area contributed by atoms with Crippen LogP contribution in [0.15, 0.2) is 48.7 Å². The van der Waals surface area contributed by atoms with Crippen molar-refractivity contribution in [2.75, 3.05) is 12.8 Å². The van der Waals surface area contributed by atoms with E-state index in [9.17, 15) is 0 Å². The van der Waals surface area contributed by atoms with Gasteiger partial charge in [0.2, 0.25) is 0 Å². The Morgan fingerprint density at radius 2 is 2.05 bits per heavy atom. The van der Waals surface area contributed by atoms with Gasteiger partial charge in [0.1, 0.15) is 5.75 Å². The number of benzene rings is 2. The fraction of sp³-hybridized carbons (Fsp3) is 0.125. The minimum absolute atomic E-state index is 0.684. The quantitative estimate of drug-likeness (QED) is 0.741. The van der Waals surface area contributed by atoms with Crippen LogP contribution in [0.25, 0.3) is 10.9 Å². The van der Waals surface area contributed by atoms with Crippen molar-refractivity contribution in [2.24, 2.45) is 0 Å². The molecule has 0 saturated carbocycles. The lowest BCUT2D eigenvalue weighted by molar-refractivity contribution is 0.420. The molecule has 0 bridgehead atoms. The van der Waals surface area contributed by atoms with Gasteiger partial charge in [0, 0.05) is 28.8 Å². The van der Waals surface area contributed by atoms with Crippen molar-refractivity contribution in [3.63, 3.8) is 0 Å². The molecule has 0 saturated heterocycles. The van der Waals surface area contributed by atoms with Gasteiger partial charge in [-0.1, -0.05) is 17.7 Å². The first-order valence-electron chi connectivity index (χ1n) is 6.35. The zero-order chi connectivity index (χ0) is 14.1. The van der Waals surface area contributed by atoms with Crippen LogP contribution < -0.4 is 10.5 Å². The van der Waals surface area contributed by atoms with Gasteiger partial charge in [-0.25, -0.2) is 0 Å². The second kappa shape index (κ2) is 5.10. The van der Waals surface area contributed by atoms with Crippen LogP contribution in [-0.4, -0.2) is 11.7 Å². The van der Waals surface area contributed by atoms with Gasteiger partial charge in [0.05, 0.1) is 12.6 Å². The van der Waals surface area contributed by atoms with E-state index in [1.807, 2.05) is 30.5 Å². The Balaban J connectivity index is 2.05. The van der Waals surface area contributed by atoms with E-state index >= 15 is 0 Å². The molecule has 0 unspecified atom stereocenters. The Labute approximate surface area is 122 Å². The summed E-state index contributed by atoms with van der Waals surface area (Å²) in [6.45, 7) is 0.684. The smallest absolute Gasteiger partial charge is 0.128 e. The van der Waals surface area contributed by atoms with Crippen LogP contribution in [-0.2, 0) is 6.54 Å². The normalized spacial score (nSPS) is 10.9. The Morgan fingerprint density at radius 3 is 2.85 bits per heavy atom. The molecule has 0 fully saturated rings. The highest BCUT2D eigenvalue weighted by atomic mass is 35.5. The highest BCUT2D eigenvalue weighted by Gasteiger charge is 2.08. The molecule has 3 rings (SSSR count). The molecule has 0 aliphatic carbocycles. The van der Waals surface area contributed by atoms with Crippen LogP contribution in [0, 0.1) is 0 Å². The topological polar surface area (TPSA) is 40.2 Å². The lowest BCUT2D eigenvalue weighted by Gasteiger charge is -2.09. The van der Waals surface area contributed by atoms with Gasteiger partial charge < -0.3 is 15.0 Å². The summed E-state index contributed by atoms with van der Waals surface area (Å²) in [4.78, 5) is 0. The summed E-state index contributed by atoms with van der Waals surface area (Å²) in [5.41, 5.74) is 8.89. The van der Waals surface area contributed by atoms with Gasteiger partial charge in [-0.2, -0.15) is 0 Å². The molecule has 20 heavy (non-hydrogen) atoms. The van der Waals surface area contributed by atoms with E-state index < -0.39 is 0 Å². The summed E-state index contributed by atoms with van der Waals surface area (Å²) in [6, 6.07) is 13.6. The van der Waals surface area contributed by atoms with Crippen molar-refractivity contribution >= 4 is 28.2 Å². The zero-order valence-electron chi connectivity index (χ0n) is 11.1. The summed E-state index contributed by atoms with van der Waals surface area (Å²) in [5, 5.41) is 1.79. The summed E-state index contributed by atoms with van der Waals surface area (Å²) in [7, 11) is 1.68. The van der Waals surface area contributed by atoms with Crippen molar-refractivity contribution in [1.29, 1.82) is 0 Å². The first kappa shape index (κ1) is 12.9. The molecule has 0 atom stereocenters. The van der Waals surface area contributed by atoms with Gasteiger partial charge in [-0.05, 0) is 42.0 Å². The third-order valence-electron chi connectivity index (χ3n) is 3.44. The van der Waals surface area contributed by atoms with E-state index in [-0.39, 0.29) is 0 Å². The van der Waals surface area contributed by atoms with E-state index in [4.69, 9.17) is 22.1 Å².